The number of ether oxygens (including phenoxy) is 4. The molecule has 6 aliphatic rings. The predicted molar refractivity (Wildman–Crippen MR) is 274 cm³/mol. The SMILES string of the molecule is CC(C)(C)c1ccc(CN2CCC(CN(C(=O)CC3CCOCC3)c3ccc(N4CCOCC4)nc3)CC2)cc1.O=C(CC1CCOCC1)N(CC1CCNCC1)c1ccc(N2CCOCC2)nc1. The summed E-state index contributed by atoms with van der Waals surface area (Å²) >= 11 is 0. The lowest BCUT2D eigenvalue weighted by Gasteiger charge is -2.36. The van der Waals surface area contributed by atoms with Gasteiger partial charge in [-0.1, -0.05) is 45.0 Å². The van der Waals surface area contributed by atoms with Crippen LogP contribution in [-0.2, 0) is 40.5 Å². The molecule has 69 heavy (non-hydrogen) atoms. The molecule has 2 amide bonds. The number of pyridine rings is 2. The largest absolute Gasteiger partial charge is 0.381 e. The number of amides is 2. The fraction of sp³-hybridized carbons (Fsp3) is 0.673. The summed E-state index contributed by atoms with van der Waals surface area (Å²) in [5, 5.41) is 3.42. The van der Waals surface area contributed by atoms with Crippen molar-refractivity contribution >= 4 is 34.8 Å². The fourth-order valence-electron chi connectivity index (χ4n) is 10.6. The van der Waals surface area contributed by atoms with Gasteiger partial charge in [0, 0.05) is 85.1 Å². The Bertz CT molecular complexity index is 1980. The zero-order valence-electron chi connectivity index (χ0n) is 42.2. The number of likely N-dealkylation sites (tertiary alicyclic amines) is 1. The third-order valence-electron chi connectivity index (χ3n) is 15.2. The second kappa shape index (κ2) is 25.8. The Balaban J connectivity index is 0.000000196. The topological polar surface area (TPSA) is 125 Å². The summed E-state index contributed by atoms with van der Waals surface area (Å²) in [5.41, 5.74) is 4.80. The van der Waals surface area contributed by atoms with E-state index in [1.165, 1.54) is 11.1 Å². The van der Waals surface area contributed by atoms with Gasteiger partial charge in [0.25, 0.3) is 0 Å². The van der Waals surface area contributed by atoms with E-state index in [1.54, 1.807) is 0 Å². The van der Waals surface area contributed by atoms with Crippen molar-refractivity contribution in [3.05, 3.63) is 72.1 Å². The number of nitrogens with one attached hydrogen (secondary N) is 1. The number of benzene rings is 1. The first-order chi connectivity index (χ1) is 33.6. The number of rotatable bonds is 14. The van der Waals surface area contributed by atoms with E-state index in [4.69, 9.17) is 23.9 Å². The summed E-state index contributed by atoms with van der Waals surface area (Å²) in [6, 6.07) is 17.4. The first-order valence-electron chi connectivity index (χ1n) is 26.5. The molecule has 1 aromatic carbocycles. The highest BCUT2D eigenvalue weighted by atomic mass is 16.5. The van der Waals surface area contributed by atoms with E-state index in [-0.39, 0.29) is 17.2 Å². The molecule has 6 aliphatic heterocycles. The van der Waals surface area contributed by atoms with Crippen molar-refractivity contribution in [1.29, 1.82) is 0 Å². The van der Waals surface area contributed by atoms with Crippen LogP contribution < -0.4 is 24.9 Å². The van der Waals surface area contributed by atoms with Gasteiger partial charge in [-0.3, -0.25) is 14.5 Å². The molecule has 3 aromatic rings. The number of nitrogens with zero attached hydrogens (tertiary/aromatic N) is 7. The molecule has 6 saturated heterocycles. The molecule has 14 nitrogen and oxygen atoms in total. The summed E-state index contributed by atoms with van der Waals surface area (Å²) < 4.78 is 21.9. The van der Waals surface area contributed by atoms with Gasteiger partial charge in [0.1, 0.15) is 11.6 Å². The number of carbonyl (C=O) groups excluding carboxylic acids is 2. The van der Waals surface area contributed by atoms with Crippen LogP contribution in [-0.4, -0.2) is 145 Å². The molecule has 0 aliphatic carbocycles. The lowest BCUT2D eigenvalue weighted by atomic mass is 9.86. The summed E-state index contributed by atoms with van der Waals surface area (Å²) in [4.78, 5) is 47.6. The van der Waals surface area contributed by atoms with Crippen LogP contribution >= 0.6 is 0 Å². The highest BCUT2D eigenvalue weighted by Gasteiger charge is 2.29. The standard InChI is InChI=1S/C33H48N4O3.C22H34N4O3/c1-33(2,3)29-6-4-27(5-7-29)24-35-14-10-28(11-15-35)25-37(32(38)22-26-12-18-39-19-13-26)30-8-9-31(34-23-30)36-16-20-40-21-17-36;27-22(15-18-5-11-28-12-6-18)26(17-19-3-7-23-8-4-19)20-1-2-21(24-16-20)25-9-13-29-14-10-25/h4-9,23,26,28H,10-22,24-25H2,1-3H3;1-2,16,18-19,23H,3-15,17H2. The van der Waals surface area contributed by atoms with E-state index in [1.807, 2.05) is 22.2 Å². The molecule has 0 bridgehead atoms. The number of morpholine rings is 2. The molecule has 0 unspecified atom stereocenters. The van der Waals surface area contributed by atoms with Gasteiger partial charge < -0.3 is 43.9 Å². The Kier molecular flexibility index (Phi) is 19.1. The molecule has 0 atom stereocenters. The van der Waals surface area contributed by atoms with Crippen LogP contribution in [0.25, 0.3) is 0 Å². The molecule has 1 N–H and O–H groups in total. The molecule has 2 aromatic heterocycles. The van der Waals surface area contributed by atoms with Crippen molar-refractivity contribution in [2.24, 2.45) is 23.7 Å². The maximum Gasteiger partial charge on any atom is 0.227 e. The van der Waals surface area contributed by atoms with E-state index in [0.29, 0.717) is 36.5 Å². The van der Waals surface area contributed by atoms with Crippen LogP contribution in [0.2, 0.25) is 0 Å². The van der Waals surface area contributed by atoms with Gasteiger partial charge in [0.05, 0.1) is 50.2 Å². The average Bonchev–Trinajstić information content (AvgIpc) is 3.39. The zero-order chi connectivity index (χ0) is 47.8. The van der Waals surface area contributed by atoms with Crippen molar-refractivity contribution < 1.29 is 28.5 Å². The van der Waals surface area contributed by atoms with Gasteiger partial charge in [0.2, 0.25) is 11.8 Å². The number of hydrogen-bond acceptors (Lipinski definition) is 12. The summed E-state index contributed by atoms with van der Waals surface area (Å²) in [6.45, 7) is 23.1. The van der Waals surface area contributed by atoms with Crippen LogP contribution in [0.4, 0.5) is 23.0 Å². The van der Waals surface area contributed by atoms with Crippen molar-refractivity contribution in [2.45, 2.75) is 96.9 Å². The molecule has 9 rings (SSSR count). The Morgan fingerprint density at radius 3 is 1.41 bits per heavy atom. The van der Waals surface area contributed by atoms with Crippen LogP contribution in [0.5, 0.6) is 0 Å². The van der Waals surface area contributed by atoms with Gasteiger partial charge in [-0.2, -0.15) is 0 Å². The number of carbonyl (C=O) groups is 2. The van der Waals surface area contributed by atoms with Crippen molar-refractivity contribution in [3.8, 4) is 0 Å². The van der Waals surface area contributed by atoms with E-state index >= 15 is 0 Å². The number of piperidine rings is 2. The lowest BCUT2D eigenvalue weighted by Crippen LogP contribution is -2.41. The minimum Gasteiger partial charge on any atom is -0.381 e. The number of hydrogen-bond donors (Lipinski definition) is 1. The Morgan fingerprint density at radius 2 is 0.986 bits per heavy atom. The lowest BCUT2D eigenvalue weighted by molar-refractivity contribution is -0.121. The van der Waals surface area contributed by atoms with Crippen molar-refractivity contribution in [2.75, 3.05) is 138 Å². The number of aromatic nitrogens is 2. The van der Waals surface area contributed by atoms with Crippen LogP contribution in [0.3, 0.4) is 0 Å². The highest BCUT2D eigenvalue weighted by Crippen LogP contribution is 2.30. The van der Waals surface area contributed by atoms with Crippen LogP contribution in [0.15, 0.2) is 60.9 Å². The van der Waals surface area contributed by atoms with E-state index in [2.05, 4.69) is 94.3 Å². The Labute approximate surface area is 412 Å². The van der Waals surface area contributed by atoms with Gasteiger partial charge >= 0.3 is 0 Å². The van der Waals surface area contributed by atoms with Gasteiger partial charge in [-0.05, 0) is 142 Å². The summed E-state index contributed by atoms with van der Waals surface area (Å²) in [5.74, 6) is 4.29. The Morgan fingerprint density at radius 1 is 0.551 bits per heavy atom. The fourth-order valence-corrected chi connectivity index (χ4v) is 10.6. The molecule has 6 fully saturated rings. The quantitative estimate of drug-likeness (QED) is 0.174. The predicted octanol–water partition coefficient (Wildman–Crippen LogP) is 7.35. The van der Waals surface area contributed by atoms with Gasteiger partial charge in [-0.25, -0.2) is 9.97 Å². The summed E-state index contributed by atoms with van der Waals surface area (Å²) in [6.07, 6.45) is 13.4. The molecular weight excluding hydrogens is 869 g/mol. The van der Waals surface area contributed by atoms with Crippen molar-refractivity contribution in [3.63, 3.8) is 0 Å². The highest BCUT2D eigenvalue weighted by molar-refractivity contribution is 5.94. The van der Waals surface area contributed by atoms with E-state index < -0.39 is 0 Å². The monoisotopic (exact) mass is 951 g/mol. The minimum atomic E-state index is 0.184. The average molecular weight is 951 g/mol. The second-order valence-corrected chi connectivity index (χ2v) is 21.3. The number of anilines is 4. The van der Waals surface area contributed by atoms with E-state index in [0.717, 1.165) is 199 Å². The molecule has 0 spiro atoms. The third-order valence-corrected chi connectivity index (χ3v) is 15.2. The molecular formula is C55H82N8O6. The molecule has 0 radical (unpaired) electrons. The van der Waals surface area contributed by atoms with Crippen LogP contribution in [0.1, 0.15) is 96.1 Å². The van der Waals surface area contributed by atoms with Gasteiger partial charge in [-0.15, -0.1) is 0 Å². The maximum absolute atomic E-state index is 13.7. The molecule has 8 heterocycles. The molecule has 378 valence electrons. The van der Waals surface area contributed by atoms with Gasteiger partial charge in [0.15, 0.2) is 0 Å². The van der Waals surface area contributed by atoms with E-state index in [9.17, 15) is 9.59 Å². The Hall–Kier alpha value is -4.18. The van der Waals surface area contributed by atoms with Crippen molar-refractivity contribution in [1.82, 2.24) is 20.2 Å². The third kappa shape index (κ3) is 15.4. The molecule has 14 heteroatoms. The first kappa shape index (κ1) is 51.2. The smallest absolute Gasteiger partial charge is 0.227 e. The normalized spacial score (nSPS) is 20.8. The van der Waals surface area contributed by atoms with Crippen LogP contribution in [0, 0.1) is 23.7 Å². The zero-order valence-corrected chi connectivity index (χ0v) is 42.2. The minimum absolute atomic E-state index is 0.184. The second-order valence-electron chi connectivity index (χ2n) is 21.3. The first-order valence-corrected chi connectivity index (χ1v) is 26.5. The maximum atomic E-state index is 13.7. The summed E-state index contributed by atoms with van der Waals surface area (Å²) in [7, 11) is 0. The molecule has 0 saturated carbocycles.